The molecule has 6 nitrogen and oxygen atoms in total. The molecule has 3 heterocycles. The summed E-state index contributed by atoms with van der Waals surface area (Å²) < 4.78 is 28.9. The fraction of sp³-hybridized carbons (Fsp3) is 0.125. The van der Waals surface area contributed by atoms with Gasteiger partial charge in [-0.05, 0) is 32.0 Å². The number of rotatable bonds is 2. The summed E-state index contributed by atoms with van der Waals surface area (Å²) in [6.45, 7) is 3.79. The van der Waals surface area contributed by atoms with Crippen LogP contribution < -0.4 is 0 Å². The highest BCUT2D eigenvalue weighted by Crippen LogP contribution is 2.22. The van der Waals surface area contributed by atoms with Gasteiger partial charge < -0.3 is 0 Å². The maximum atomic E-state index is 12.9. The van der Waals surface area contributed by atoms with E-state index in [-0.39, 0.29) is 4.90 Å². The molecule has 0 aliphatic heterocycles. The number of imidazole rings is 1. The van der Waals surface area contributed by atoms with Crippen molar-refractivity contribution in [2.75, 3.05) is 0 Å². The lowest BCUT2D eigenvalue weighted by atomic mass is 10.2. The quantitative estimate of drug-likeness (QED) is 0.567. The molecule has 0 spiro atoms. The van der Waals surface area contributed by atoms with Crippen LogP contribution in [0.15, 0.2) is 53.8 Å². The highest BCUT2D eigenvalue weighted by Gasteiger charge is 2.20. The molecular weight excluding hydrogens is 312 g/mol. The fourth-order valence-electron chi connectivity index (χ4n) is 2.71. The zero-order chi connectivity index (χ0) is 16.2. The van der Waals surface area contributed by atoms with Crippen molar-refractivity contribution in [3.8, 4) is 0 Å². The van der Waals surface area contributed by atoms with Gasteiger partial charge in [0.05, 0.1) is 28.3 Å². The lowest BCUT2D eigenvalue weighted by Crippen LogP contribution is -2.12. The predicted octanol–water partition coefficient (Wildman–Crippen LogP) is 2.54. The van der Waals surface area contributed by atoms with Gasteiger partial charge in [-0.1, -0.05) is 17.7 Å². The number of fused-ring (bicyclic) bond motifs is 3. The number of hydrogen-bond donors (Lipinski definition) is 0. The van der Waals surface area contributed by atoms with Crippen LogP contribution in [0.5, 0.6) is 0 Å². The second-order valence-corrected chi connectivity index (χ2v) is 7.28. The van der Waals surface area contributed by atoms with E-state index in [1.807, 2.05) is 18.2 Å². The van der Waals surface area contributed by atoms with Crippen LogP contribution in [0.1, 0.15) is 11.4 Å². The van der Waals surface area contributed by atoms with Crippen LogP contribution in [0, 0.1) is 13.8 Å². The molecule has 0 saturated carbocycles. The minimum atomic E-state index is -3.68. The van der Waals surface area contributed by atoms with E-state index in [2.05, 4.69) is 9.97 Å². The van der Waals surface area contributed by atoms with Gasteiger partial charge in [0.25, 0.3) is 10.0 Å². The van der Waals surface area contributed by atoms with Gasteiger partial charge in [-0.2, -0.15) is 0 Å². The van der Waals surface area contributed by atoms with Crippen LogP contribution in [-0.2, 0) is 10.0 Å². The van der Waals surface area contributed by atoms with Gasteiger partial charge in [0.2, 0.25) is 0 Å². The third-order valence-electron chi connectivity index (χ3n) is 3.91. The SMILES string of the molecule is Cc1ccc(S(=O)(=O)n2ccc3c2ncc2cnc(C)n23)cc1. The maximum Gasteiger partial charge on any atom is 0.269 e. The van der Waals surface area contributed by atoms with Crippen molar-refractivity contribution >= 4 is 26.7 Å². The summed E-state index contributed by atoms with van der Waals surface area (Å²) in [5, 5.41) is 0. The first-order chi connectivity index (χ1) is 11.0. The Morgan fingerprint density at radius 3 is 2.39 bits per heavy atom. The van der Waals surface area contributed by atoms with Gasteiger partial charge >= 0.3 is 0 Å². The van der Waals surface area contributed by atoms with Crippen molar-refractivity contribution < 1.29 is 8.42 Å². The topological polar surface area (TPSA) is 69.3 Å². The molecule has 0 N–H and O–H groups in total. The van der Waals surface area contributed by atoms with Gasteiger partial charge in [-0.3, -0.25) is 4.40 Å². The zero-order valence-electron chi connectivity index (χ0n) is 12.6. The van der Waals surface area contributed by atoms with E-state index in [0.717, 1.165) is 16.9 Å². The average molecular weight is 326 g/mol. The lowest BCUT2D eigenvalue weighted by Gasteiger charge is -2.07. The zero-order valence-corrected chi connectivity index (χ0v) is 13.4. The maximum absolute atomic E-state index is 12.9. The summed E-state index contributed by atoms with van der Waals surface area (Å²) >= 11 is 0. The number of hydrogen-bond acceptors (Lipinski definition) is 4. The van der Waals surface area contributed by atoms with Crippen LogP contribution in [0.3, 0.4) is 0 Å². The summed E-state index contributed by atoms with van der Waals surface area (Å²) in [6, 6.07) is 8.53. The Labute approximate surface area is 133 Å². The molecule has 1 aromatic carbocycles. The highest BCUT2D eigenvalue weighted by molar-refractivity contribution is 7.90. The Balaban J connectivity index is 2.00. The standard InChI is InChI=1S/C16H14N4O2S/c1-11-3-5-14(6-4-11)23(21,22)19-8-7-15-16(19)18-10-13-9-17-12(2)20(13)15/h3-10H,1-2H3. The number of aromatic nitrogens is 4. The second-order valence-electron chi connectivity index (χ2n) is 5.46. The van der Waals surface area contributed by atoms with E-state index in [9.17, 15) is 8.42 Å². The molecule has 23 heavy (non-hydrogen) atoms. The van der Waals surface area contributed by atoms with E-state index in [1.54, 1.807) is 42.7 Å². The van der Waals surface area contributed by atoms with Crippen molar-refractivity contribution in [3.05, 3.63) is 60.3 Å². The van der Waals surface area contributed by atoms with Crippen LogP contribution in [0.25, 0.3) is 16.7 Å². The first-order valence-electron chi connectivity index (χ1n) is 7.11. The van der Waals surface area contributed by atoms with Crippen LogP contribution in [0.2, 0.25) is 0 Å². The number of nitrogens with zero attached hydrogens (tertiary/aromatic N) is 4. The van der Waals surface area contributed by atoms with E-state index < -0.39 is 10.0 Å². The largest absolute Gasteiger partial charge is 0.292 e. The Morgan fingerprint density at radius 1 is 0.957 bits per heavy atom. The van der Waals surface area contributed by atoms with Crippen LogP contribution in [0.4, 0.5) is 0 Å². The molecule has 0 aliphatic rings. The molecule has 116 valence electrons. The molecule has 0 fully saturated rings. The average Bonchev–Trinajstić information content (AvgIpc) is 3.11. The molecule has 4 rings (SSSR count). The summed E-state index contributed by atoms with van der Waals surface area (Å²) in [5.41, 5.74) is 2.95. The highest BCUT2D eigenvalue weighted by atomic mass is 32.2. The Kier molecular flexibility index (Phi) is 2.83. The minimum Gasteiger partial charge on any atom is -0.292 e. The van der Waals surface area contributed by atoms with Gasteiger partial charge in [-0.15, -0.1) is 0 Å². The first-order valence-corrected chi connectivity index (χ1v) is 8.55. The van der Waals surface area contributed by atoms with E-state index in [1.165, 1.54) is 10.2 Å². The molecule has 4 aromatic rings. The number of aryl methyl sites for hydroxylation is 2. The molecular formula is C16H14N4O2S. The van der Waals surface area contributed by atoms with Gasteiger partial charge in [0.1, 0.15) is 5.82 Å². The summed E-state index contributed by atoms with van der Waals surface area (Å²) in [6.07, 6.45) is 4.88. The summed E-state index contributed by atoms with van der Waals surface area (Å²) in [7, 11) is -3.68. The molecule has 0 unspecified atom stereocenters. The van der Waals surface area contributed by atoms with Crippen molar-refractivity contribution in [2.45, 2.75) is 18.7 Å². The summed E-state index contributed by atoms with van der Waals surface area (Å²) in [4.78, 5) is 8.80. The molecule has 0 aliphatic carbocycles. The molecule has 3 aromatic heterocycles. The Hall–Kier alpha value is -2.67. The molecule has 7 heteroatoms. The third-order valence-corrected chi connectivity index (χ3v) is 5.59. The Bertz CT molecular complexity index is 1140. The summed E-state index contributed by atoms with van der Waals surface area (Å²) in [5.74, 6) is 0.790. The monoisotopic (exact) mass is 326 g/mol. The molecule has 0 atom stereocenters. The predicted molar refractivity (Wildman–Crippen MR) is 87.0 cm³/mol. The first kappa shape index (κ1) is 14.0. The molecule has 0 amide bonds. The van der Waals surface area contributed by atoms with Crippen molar-refractivity contribution in [1.82, 2.24) is 18.3 Å². The lowest BCUT2D eigenvalue weighted by molar-refractivity contribution is 0.588. The smallest absolute Gasteiger partial charge is 0.269 e. The van der Waals surface area contributed by atoms with Crippen molar-refractivity contribution in [3.63, 3.8) is 0 Å². The minimum absolute atomic E-state index is 0.241. The van der Waals surface area contributed by atoms with Gasteiger partial charge in [0, 0.05) is 6.20 Å². The fourth-order valence-corrected chi connectivity index (χ4v) is 4.00. The number of benzene rings is 1. The molecule has 0 saturated heterocycles. The van der Waals surface area contributed by atoms with E-state index in [4.69, 9.17) is 0 Å². The van der Waals surface area contributed by atoms with Gasteiger partial charge in [0.15, 0.2) is 5.65 Å². The third kappa shape index (κ3) is 1.97. The van der Waals surface area contributed by atoms with Crippen molar-refractivity contribution in [1.29, 1.82) is 0 Å². The molecule has 0 radical (unpaired) electrons. The van der Waals surface area contributed by atoms with Crippen LogP contribution in [-0.4, -0.2) is 26.8 Å². The molecule has 0 bridgehead atoms. The van der Waals surface area contributed by atoms with Gasteiger partial charge in [-0.25, -0.2) is 22.4 Å². The van der Waals surface area contributed by atoms with E-state index >= 15 is 0 Å². The van der Waals surface area contributed by atoms with Crippen LogP contribution >= 0.6 is 0 Å². The van der Waals surface area contributed by atoms with E-state index in [0.29, 0.717) is 11.2 Å². The Morgan fingerprint density at radius 2 is 1.65 bits per heavy atom. The second kappa shape index (κ2) is 4.66. The van der Waals surface area contributed by atoms with Crippen molar-refractivity contribution in [2.24, 2.45) is 0 Å². The normalized spacial score (nSPS) is 12.3.